The molecule has 0 aromatic rings. The Labute approximate surface area is 67.1 Å². The van der Waals surface area contributed by atoms with Gasteiger partial charge in [0.05, 0.1) is 6.61 Å². The van der Waals surface area contributed by atoms with E-state index in [-0.39, 0.29) is 6.61 Å². The van der Waals surface area contributed by atoms with E-state index in [1.807, 2.05) is 0 Å². The zero-order chi connectivity index (χ0) is 8.91. The predicted octanol–water partition coefficient (Wildman–Crippen LogP) is 0.00270. The molecule has 0 saturated carbocycles. The van der Waals surface area contributed by atoms with Gasteiger partial charge in [0.1, 0.15) is 5.60 Å². The molecule has 0 radical (unpaired) electrons. The molecule has 1 unspecified atom stereocenters. The third-order valence-corrected chi connectivity index (χ3v) is 1.37. The van der Waals surface area contributed by atoms with E-state index >= 15 is 0 Å². The van der Waals surface area contributed by atoms with E-state index in [0.717, 1.165) is 0 Å². The minimum Gasteiger partial charge on any atom is -0.382 e. The molecule has 0 aliphatic carbocycles. The lowest BCUT2D eigenvalue weighted by Crippen LogP contribution is -2.45. The summed E-state index contributed by atoms with van der Waals surface area (Å²) in [5, 5.41) is 9.60. The molecule has 0 aliphatic heterocycles. The normalized spacial score (nSPS) is 16.9. The summed E-state index contributed by atoms with van der Waals surface area (Å²) in [6.07, 6.45) is -0.651. The van der Waals surface area contributed by atoms with E-state index in [1.165, 1.54) is 21.3 Å². The van der Waals surface area contributed by atoms with Crippen molar-refractivity contribution in [3.05, 3.63) is 0 Å². The van der Waals surface area contributed by atoms with Gasteiger partial charge in [0, 0.05) is 21.3 Å². The van der Waals surface area contributed by atoms with Gasteiger partial charge in [0.25, 0.3) is 0 Å². The van der Waals surface area contributed by atoms with E-state index in [4.69, 9.17) is 14.2 Å². The second kappa shape index (κ2) is 4.66. The van der Waals surface area contributed by atoms with Crippen molar-refractivity contribution in [1.29, 1.82) is 0 Å². The zero-order valence-electron chi connectivity index (χ0n) is 7.46. The van der Waals surface area contributed by atoms with Crippen molar-refractivity contribution < 1.29 is 19.3 Å². The maximum atomic E-state index is 9.60. The number of hydrogen-bond acceptors (Lipinski definition) is 4. The number of rotatable bonds is 5. The number of hydrogen-bond donors (Lipinski definition) is 1. The highest BCUT2D eigenvalue weighted by molar-refractivity contribution is 4.75. The average Bonchev–Trinajstić information content (AvgIpc) is 1.89. The molecule has 0 rings (SSSR count). The molecule has 0 saturated heterocycles. The molecule has 0 fully saturated rings. The SMILES string of the molecule is COCC(C)(O)C(OC)OC. The molecule has 0 amide bonds. The van der Waals surface area contributed by atoms with Gasteiger partial charge in [-0.3, -0.25) is 0 Å². The van der Waals surface area contributed by atoms with Crippen LogP contribution in [0.4, 0.5) is 0 Å². The lowest BCUT2D eigenvalue weighted by molar-refractivity contribution is -0.222. The summed E-state index contributed by atoms with van der Waals surface area (Å²) in [6, 6.07) is 0. The maximum absolute atomic E-state index is 9.60. The molecule has 0 aromatic heterocycles. The van der Waals surface area contributed by atoms with Gasteiger partial charge in [-0.2, -0.15) is 0 Å². The Kier molecular flexibility index (Phi) is 4.60. The van der Waals surface area contributed by atoms with Crippen molar-refractivity contribution in [1.82, 2.24) is 0 Å². The molecule has 1 atom stereocenters. The lowest BCUT2D eigenvalue weighted by Gasteiger charge is -2.29. The van der Waals surface area contributed by atoms with Crippen molar-refractivity contribution >= 4 is 0 Å². The molecule has 0 aliphatic rings. The molecule has 4 heteroatoms. The molecule has 11 heavy (non-hydrogen) atoms. The van der Waals surface area contributed by atoms with E-state index in [9.17, 15) is 5.11 Å². The smallest absolute Gasteiger partial charge is 0.187 e. The Hall–Kier alpha value is -0.160. The molecule has 0 heterocycles. The fourth-order valence-corrected chi connectivity index (χ4v) is 0.964. The van der Waals surface area contributed by atoms with Gasteiger partial charge in [-0.25, -0.2) is 0 Å². The van der Waals surface area contributed by atoms with Gasteiger partial charge in [0.2, 0.25) is 0 Å². The summed E-state index contributed by atoms with van der Waals surface area (Å²) in [4.78, 5) is 0. The van der Waals surface area contributed by atoms with Crippen LogP contribution in [0.5, 0.6) is 0 Å². The highest BCUT2D eigenvalue weighted by Gasteiger charge is 2.32. The summed E-state index contributed by atoms with van der Waals surface area (Å²) in [5.74, 6) is 0. The van der Waals surface area contributed by atoms with Gasteiger partial charge in [-0.1, -0.05) is 0 Å². The number of methoxy groups -OCH3 is 3. The highest BCUT2D eigenvalue weighted by Crippen LogP contribution is 2.13. The largest absolute Gasteiger partial charge is 0.382 e. The average molecular weight is 164 g/mol. The molecule has 1 N–H and O–H groups in total. The minimum atomic E-state index is -1.10. The Balaban J connectivity index is 4.00. The fraction of sp³-hybridized carbons (Fsp3) is 1.00. The van der Waals surface area contributed by atoms with E-state index in [0.29, 0.717) is 0 Å². The van der Waals surface area contributed by atoms with Crippen LogP contribution in [-0.2, 0) is 14.2 Å². The zero-order valence-corrected chi connectivity index (χ0v) is 7.46. The first-order valence-corrected chi connectivity index (χ1v) is 3.35. The molecule has 68 valence electrons. The summed E-state index contributed by atoms with van der Waals surface area (Å²) in [5.41, 5.74) is -1.10. The lowest BCUT2D eigenvalue weighted by atomic mass is 10.1. The second-order valence-corrected chi connectivity index (χ2v) is 2.59. The van der Waals surface area contributed by atoms with Crippen molar-refractivity contribution in [2.24, 2.45) is 0 Å². The Morgan fingerprint density at radius 3 is 2.00 bits per heavy atom. The van der Waals surface area contributed by atoms with Crippen molar-refractivity contribution in [2.45, 2.75) is 18.8 Å². The van der Waals surface area contributed by atoms with Crippen LogP contribution in [-0.4, -0.2) is 44.9 Å². The van der Waals surface area contributed by atoms with Crippen LogP contribution in [0.3, 0.4) is 0 Å². The predicted molar refractivity (Wildman–Crippen MR) is 40.3 cm³/mol. The van der Waals surface area contributed by atoms with Crippen molar-refractivity contribution in [2.75, 3.05) is 27.9 Å². The van der Waals surface area contributed by atoms with Crippen LogP contribution < -0.4 is 0 Å². The molecule has 0 aromatic carbocycles. The van der Waals surface area contributed by atoms with Gasteiger partial charge in [0.15, 0.2) is 6.29 Å². The molecular formula is C7H16O4. The third-order valence-electron chi connectivity index (χ3n) is 1.37. The van der Waals surface area contributed by atoms with Crippen LogP contribution in [0.1, 0.15) is 6.92 Å². The van der Waals surface area contributed by atoms with E-state index in [2.05, 4.69) is 0 Å². The van der Waals surface area contributed by atoms with Gasteiger partial charge < -0.3 is 19.3 Å². The van der Waals surface area contributed by atoms with Crippen LogP contribution in [0, 0.1) is 0 Å². The second-order valence-electron chi connectivity index (χ2n) is 2.59. The van der Waals surface area contributed by atoms with E-state index < -0.39 is 11.9 Å². The van der Waals surface area contributed by atoms with E-state index in [1.54, 1.807) is 6.92 Å². The summed E-state index contributed by atoms with van der Waals surface area (Å²) in [7, 11) is 4.45. The van der Waals surface area contributed by atoms with Crippen LogP contribution in [0.25, 0.3) is 0 Å². The highest BCUT2D eigenvalue weighted by atomic mass is 16.7. The molecule has 0 bridgehead atoms. The topological polar surface area (TPSA) is 47.9 Å². The Morgan fingerprint density at radius 2 is 1.73 bits per heavy atom. The van der Waals surface area contributed by atoms with Crippen molar-refractivity contribution in [3.63, 3.8) is 0 Å². The van der Waals surface area contributed by atoms with Crippen LogP contribution >= 0.6 is 0 Å². The Bertz CT molecular complexity index is 98.6. The number of aliphatic hydroxyl groups is 1. The van der Waals surface area contributed by atoms with Gasteiger partial charge in [-0.05, 0) is 6.92 Å². The van der Waals surface area contributed by atoms with Gasteiger partial charge >= 0.3 is 0 Å². The first-order valence-electron chi connectivity index (χ1n) is 3.35. The molecular weight excluding hydrogens is 148 g/mol. The van der Waals surface area contributed by atoms with Crippen LogP contribution in [0.15, 0.2) is 0 Å². The van der Waals surface area contributed by atoms with Gasteiger partial charge in [-0.15, -0.1) is 0 Å². The fourth-order valence-electron chi connectivity index (χ4n) is 0.964. The first-order chi connectivity index (χ1) is 5.08. The molecule has 0 spiro atoms. The summed E-state index contributed by atoms with van der Waals surface area (Å²) < 4.78 is 14.5. The Morgan fingerprint density at radius 1 is 1.27 bits per heavy atom. The summed E-state index contributed by atoms with van der Waals surface area (Å²) in [6.45, 7) is 1.77. The quantitative estimate of drug-likeness (QED) is 0.581. The maximum Gasteiger partial charge on any atom is 0.187 e. The molecule has 4 nitrogen and oxygen atoms in total. The summed E-state index contributed by atoms with van der Waals surface area (Å²) >= 11 is 0. The standard InChI is InChI=1S/C7H16O4/c1-7(8,5-9-2)6(10-3)11-4/h6,8H,5H2,1-4H3. The first kappa shape index (κ1) is 10.8. The van der Waals surface area contributed by atoms with Crippen molar-refractivity contribution in [3.8, 4) is 0 Å². The number of ether oxygens (including phenoxy) is 3. The van der Waals surface area contributed by atoms with Crippen LogP contribution in [0.2, 0.25) is 0 Å². The minimum absolute atomic E-state index is 0.180. The monoisotopic (exact) mass is 164 g/mol. The third kappa shape index (κ3) is 3.16.